The summed E-state index contributed by atoms with van der Waals surface area (Å²) in [5, 5.41) is 0. The van der Waals surface area contributed by atoms with Crippen LogP contribution in [-0.4, -0.2) is 12.7 Å². The van der Waals surface area contributed by atoms with Gasteiger partial charge in [-0.1, -0.05) is 32.4 Å². The molecular formula is C13H26O. The molecule has 0 spiro atoms. The fraction of sp³-hybridized carbons (Fsp3) is 0.846. The summed E-state index contributed by atoms with van der Waals surface area (Å²) in [5.74, 6) is 0.840. The summed E-state index contributed by atoms with van der Waals surface area (Å²) in [6, 6.07) is 0. The number of allylic oxidation sites excluding steroid dienone is 1. The standard InChI is InChI=1S/C13H26O/c1-12(2)10-8-6-5-7-9-11-14-13(3)4/h5,7,12-13H,6,8-11H2,1-4H3/b7-5+. The fourth-order valence-corrected chi connectivity index (χ4v) is 1.25. The van der Waals surface area contributed by atoms with E-state index in [1.165, 1.54) is 19.3 Å². The van der Waals surface area contributed by atoms with Crippen molar-refractivity contribution in [2.75, 3.05) is 6.61 Å². The first-order valence-electron chi connectivity index (χ1n) is 5.89. The van der Waals surface area contributed by atoms with E-state index in [0.717, 1.165) is 18.9 Å². The van der Waals surface area contributed by atoms with Crippen LogP contribution in [0.5, 0.6) is 0 Å². The van der Waals surface area contributed by atoms with Crippen LogP contribution in [0.25, 0.3) is 0 Å². The third kappa shape index (κ3) is 11.7. The molecular weight excluding hydrogens is 172 g/mol. The Morgan fingerprint density at radius 3 is 2.21 bits per heavy atom. The second-order valence-electron chi connectivity index (χ2n) is 4.50. The van der Waals surface area contributed by atoms with Crippen molar-refractivity contribution in [3.05, 3.63) is 12.2 Å². The van der Waals surface area contributed by atoms with Crippen molar-refractivity contribution in [2.45, 2.75) is 59.5 Å². The van der Waals surface area contributed by atoms with Crippen molar-refractivity contribution in [1.82, 2.24) is 0 Å². The van der Waals surface area contributed by atoms with Gasteiger partial charge in [-0.15, -0.1) is 0 Å². The topological polar surface area (TPSA) is 9.23 Å². The lowest BCUT2D eigenvalue weighted by Crippen LogP contribution is -2.02. The van der Waals surface area contributed by atoms with E-state index in [1.54, 1.807) is 0 Å². The smallest absolute Gasteiger partial charge is 0.0519 e. The van der Waals surface area contributed by atoms with E-state index >= 15 is 0 Å². The highest BCUT2D eigenvalue weighted by molar-refractivity contribution is 4.81. The molecule has 0 aliphatic rings. The highest BCUT2D eigenvalue weighted by Crippen LogP contribution is 2.06. The van der Waals surface area contributed by atoms with Crippen molar-refractivity contribution in [3.63, 3.8) is 0 Å². The zero-order chi connectivity index (χ0) is 10.8. The summed E-state index contributed by atoms with van der Waals surface area (Å²) in [7, 11) is 0. The van der Waals surface area contributed by atoms with Crippen LogP contribution in [0.2, 0.25) is 0 Å². The average molecular weight is 198 g/mol. The van der Waals surface area contributed by atoms with E-state index < -0.39 is 0 Å². The molecule has 0 aliphatic heterocycles. The zero-order valence-corrected chi connectivity index (χ0v) is 10.3. The molecule has 14 heavy (non-hydrogen) atoms. The van der Waals surface area contributed by atoms with Gasteiger partial charge in [-0.25, -0.2) is 0 Å². The molecule has 0 amide bonds. The van der Waals surface area contributed by atoms with E-state index in [0.29, 0.717) is 6.10 Å². The molecule has 0 unspecified atom stereocenters. The van der Waals surface area contributed by atoms with Crippen molar-refractivity contribution in [1.29, 1.82) is 0 Å². The van der Waals surface area contributed by atoms with Crippen molar-refractivity contribution in [2.24, 2.45) is 5.92 Å². The quantitative estimate of drug-likeness (QED) is 0.420. The van der Waals surface area contributed by atoms with Crippen LogP contribution >= 0.6 is 0 Å². The first-order valence-corrected chi connectivity index (χ1v) is 5.89. The van der Waals surface area contributed by atoms with Crippen LogP contribution in [0, 0.1) is 5.92 Å². The number of hydrogen-bond donors (Lipinski definition) is 0. The SMILES string of the molecule is CC(C)CCC/C=C/CCOC(C)C. The molecule has 1 nitrogen and oxygen atoms in total. The molecule has 0 bridgehead atoms. The lowest BCUT2D eigenvalue weighted by atomic mass is 10.1. The van der Waals surface area contributed by atoms with E-state index in [-0.39, 0.29) is 0 Å². The number of hydrogen-bond acceptors (Lipinski definition) is 1. The second-order valence-corrected chi connectivity index (χ2v) is 4.50. The molecule has 0 heterocycles. The minimum atomic E-state index is 0.365. The number of rotatable bonds is 8. The Morgan fingerprint density at radius 2 is 1.64 bits per heavy atom. The normalized spacial score (nSPS) is 12.1. The molecule has 0 fully saturated rings. The number of unbranched alkanes of at least 4 members (excludes halogenated alkanes) is 1. The van der Waals surface area contributed by atoms with Crippen LogP contribution in [0.1, 0.15) is 53.4 Å². The maximum atomic E-state index is 5.44. The van der Waals surface area contributed by atoms with Gasteiger partial charge in [-0.2, -0.15) is 0 Å². The van der Waals surface area contributed by atoms with Crippen LogP contribution in [0.15, 0.2) is 12.2 Å². The Kier molecular flexibility index (Phi) is 9.06. The molecule has 0 saturated heterocycles. The van der Waals surface area contributed by atoms with Gasteiger partial charge in [-0.05, 0) is 39.0 Å². The Hall–Kier alpha value is -0.300. The Morgan fingerprint density at radius 1 is 1.00 bits per heavy atom. The lowest BCUT2D eigenvalue weighted by Gasteiger charge is -2.04. The molecule has 0 aliphatic carbocycles. The highest BCUT2D eigenvalue weighted by atomic mass is 16.5. The zero-order valence-electron chi connectivity index (χ0n) is 10.3. The van der Waals surface area contributed by atoms with Gasteiger partial charge in [0.1, 0.15) is 0 Å². The minimum Gasteiger partial charge on any atom is -0.378 e. The summed E-state index contributed by atoms with van der Waals surface area (Å²) in [6.45, 7) is 9.57. The van der Waals surface area contributed by atoms with Gasteiger partial charge in [0.05, 0.1) is 12.7 Å². The molecule has 84 valence electrons. The summed E-state index contributed by atoms with van der Waals surface area (Å²) in [4.78, 5) is 0. The largest absolute Gasteiger partial charge is 0.378 e. The monoisotopic (exact) mass is 198 g/mol. The predicted molar refractivity (Wildman–Crippen MR) is 63.5 cm³/mol. The van der Waals surface area contributed by atoms with E-state index in [1.807, 2.05) is 0 Å². The van der Waals surface area contributed by atoms with Crippen LogP contribution in [0.4, 0.5) is 0 Å². The van der Waals surface area contributed by atoms with Gasteiger partial charge in [0.25, 0.3) is 0 Å². The van der Waals surface area contributed by atoms with Crippen molar-refractivity contribution >= 4 is 0 Å². The third-order valence-corrected chi connectivity index (χ3v) is 2.05. The Balaban J connectivity index is 3.12. The van der Waals surface area contributed by atoms with Gasteiger partial charge in [0, 0.05) is 0 Å². The molecule has 0 aromatic rings. The first kappa shape index (κ1) is 13.7. The third-order valence-electron chi connectivity index (χ3n) is 2.05. The first-order chi connectivity index (χ1) is 6.63. The van der Waals surface area contributed by atoms with Crippen LogP contribution in [-0.2, 0) is 4.74 Å². The molecule has 0 atom stereocenters. The summed E-state index contributed by atoms with van der Waals surface area (Å²) in [5.41, 5.74) is 0. The summed E-state index contributed by atoms with van der Waals surface area (Å²) >= 11 is 0. The Labute approximate surface area is 89.5 Å². The maximum Gasteiger partial charge on any atom is 0.0519 e. The van der Waals surface area contributed by atoms with Crippen molar-refractivity contribution in [3.8, 4) is 0 Å². The van der Waals surface area contributed by atoms with E-state index in [9.17, 15) is 0 Å². The lowest BCUT2D eigenvalue weighted by molar-refractivity contribution is 0.0825. The van der Waals surface area contributed by atoms with Gasteiger partial charge in [-0.3, -0.25) is 0 Å². The van der Waals surface area contributed by atoms with E-state index in [2.05, 4.69) is 39.8 Å². The second kappa shape index (κ2) is 9.26. The molecule has 0 N–H and O–H groups in total. The maximum absolute atomic E-state index is 5.44. The van der Waals surface area contributed by atoms with Gasteiger partial charge < -0.3 is 4.74 Å². The van der Waals surface area contributed by atoms with Gasteiger partial charge >= 0.3 is 0 Å². The molecule has 0 radical (unpaired) electrons. The fourth-order valence-electron chi connectivity index (χ4n) is 1.25. The van der Waals surface area contributed by atoms with Crippen LogP contribution in [0.3, 0.4) is 0 Å². The molecule has 0 aromatic heterocycles. The molecule has 0 rings (SSSR count). The molecule has 0 saturated carbocycles. The van der Waals surface area contributed by atoms with Gasteiger partial charge in [0.2, 0.25) is 0 Å². The molecule has 0 aromatic carbocycles. The minimum absolute atomic E-state index is 0.365. The van der Waals surface area contributed by atoms with E-state index in [4.69, 9.17) is 4.74 Å². The predicted octanol–water partition coefficient (Wildman–Crippen LogP) is 4.18. The van der Waals surface area contributed by atoms with Gasteiger partial charge in [0.15, 0.2) is 0 Å². The molecule has 1 heteroatoms. The summed E-state index contributed by atoms with van der Waals surface area (Å²) in [6.07, 6.45) is 9.82. The van der Waals surface area contributed by atoms with Crippen molar-refractivity contribution < 1.29 is 4.74 Å². The van der Waals surface area contributed by atoms with Crippen LogP contribution < -0.4 is 0 Å². The summed E-state index contributed by atoms with van der Waals surface area (Å²) < 4.78 is 5.44. The highest BCUT2D eigenvalue weighted by Gasteiger charge is 1.92. The number of ether oxygens (including phenoxy) is 1. The Bertz CT molecular complexity index is 120. The average Bonchev–Trinajstić information content (AvgIpc) is 2.08.